The van der Waals surface area contributed by atoms with E-state index in [1.807, 2.05) is 55.5 Å². The van der Waals surface area contributed by atoms with E-state index in [1.54, 1.807) is 0 Å². The fourth-order valence-corrected chi connectivity index (χ4v) is 5.95. The molecule has 0 spiro atoms. The van der Waals surface area contributed by atoms with Crippen molar-refractivity contribution < 1.29 is 19.1 Å². The molecule has 2 aliphatic carbocycles. The summed E-state index contributed by atoms with van der Waals surface area (Å²) in [6, 6.07) is 15.1. The summed E-state index contributed by atoms with van der Waals surface area (Å²) in [5, 5.41) is 2.97. The number of hydrogen-bond acceptors (Lipinski definition) is 4. The highest BCUT2D eigenvalue weighted by atomic mass is 79.9. The number of hydrogen-bond donors (Lipinski definition) is 1. The van der Waals surface area contributed by atoms with E-state index in [4.69, 9.17) is 9.47 Å². The fraction of sp³-hybridized carbons (Fsp3) is 0.364. The predicted octanol–water partition coefficient (Wildman–Crippen LogP) is 4.30. The number of aryl methyl sites for hydroxylation is 1. The minimum Gasteiger partial charge on any atom is -0.461 e. The Balaban J connectivity index is 1.27. The average Bonchev–Trinajstić information content (AvgIpc) is 3.29. The highest BCUT2D eigenvalue weighted by Gasteiger charge is 2.67. The van der Waals surface area contributed by atoms with E-state index >= 15 is 0 Å². The van der Waals surface area contributed by atoms with Crippen molar-refractivity contribution in [2.24, 2.45) is 23.7 Å². The van der Waals surface area contributed by atoms with E-state index in [1.165, 1.54) is 5.56 Å². The summed E-state index contributed by atoms with van der Waals surface area (Å²) in [7, 11) is 0. The lowest BCUT2D eigenvalue weighted by molar-refractivity contribution is -0.145. The number of carbonyl (C=O) groups excluding carboxylic acids is 2. The number of nitrogens with one attached hydrogen (secondary N) is 1. The number of amides is 1. The van der Waals surface area contributed by atoms with Crippen LogP contribution in [0.3, 0.4) is 0 Å². The number of alkyl halides is 1. The summed E-state index contributed by atoms with van der Waals surface area (Å²) in [6.07, 6.45) is 0.808. The van der Waals surface area contributed by atoms with Crippen molar-refractivity contribution in [2.75, 3.05) is 5.32 Å². The molecule has 28 heavy (non-hydrogen) atoms. The topological polar surface area (TPSA) is 64.6 Å². The Hall–Kier alpha value is -2.34. The number of benzene rings is 2. The molecular formula is C22H20BrNO4. The highest BCUT2D eigenvalue weighted by molar-refractivity contribution is 9.09. The third kappa shape index (κ3) is 2.82. The average molecular weight is 442 g/mol. The van der Waals surface area contributed by atoms with Crippen LogP contribution in [0, 0.1) is 30.6 Å². The van der Waals surface area contributed by atoms with Crippen molar-refractivity contribution in [1.82, 2.24) is 0 Å². The molecule has 3 aliphatic rings. The summed E-state index contributed by atoms with van der Waals surface area (Å²) in [5.74, 6) is 0.829. The molecule has 1 saturated heterocycles. The van der Waals surface area contributed by atoms with Crippen LogP contribution in [-0.4, -0.2) is 22.8 Å². The van der Waals surface area contributed by atoms with Gasteiger partial charge in [0, 0.05) is 11.6 Å². The van der Waals surface area contributed by atoms with Crippen LogP contribution < -0.4 is 10.1 Å². The Bertz CT molecular complexity index is 927. The molecule has 5 nitrogen and oxygen atoms in total. The van der Waals surface area contributed by atoms with Gasteiger partial charge in [-0.25, -0.2) is 0 Å². The summed E-state index contributed by atoms with van der Waals surface area (Å²) >= 11 is 3.64. The van der Waals surface area contributed by atoms with Crippen LogP contribution in [0.25, 0.3) is 0 Å². The quantitative estimate of drug-likeness (QED) is 0.567. The molecule has 1 heterocycles. The van der Waals surface area contributed by atoms with Crippen LogP contribution in [0.4, 0.5) is 5.69 Å². The standard InChI is InChI=1S/C22H20BrNO4/c1-11-2-6-13(7-3-11)27-14-8-4-12(5-9-14)24-21(25)17-15-10-16-18(17)22(26)28-20(16)19(15)23/h2-9,15-20H,10H2,1H3,(H,24,25)/t15-,16-,17-,18-,19+,20+/m1/s1. The molecule has 6 heteroatoms. The molecule has 2 aromatic carbocycles. The third-order valence-corrected chi connectivity index (χ3v) is 7.40. The second-order valence-electron chi connectivity index (χ2n) is 7.89. The van der Waals surface area contributed by atoms with Crippen LogP contribution in [-0.2, 0) is 14.3 Å². The van der Waals surface area contributed by atoms with Crippen molar-refractivity contribution in [3.8, 4) is 11.5 Å². The zero-order valence-electron chi connectivity index (χ0n) is 15.3. The van der Waals surface area contributed by atoms with Crippen molar-refractivity contribution in [3.63, 3.8) is 0 Å². The number of anilines is 1. The molecule has 2 aromatic rings. The Morgan fingerprint density at radius 3 is 2.39 bits per heavy atom. The first kappa shape index (κ1) is 17.7. The van der Waals surface area contributed by atoms with Crippen molar-refractivity contribution in [2.45, 2.75) is 24.3 Å². The van der Waals surface area contributed by atoms with E-state index in [2.05, 4.69) is 21.2 Å². The van der Waals surface area contributed by atoms with E-state index < -0.39 is 0 Å². The first-order chi connectivity index (χ1) is 13.5. The molecule has 0 aromatic heterocycles. The number of halogens is 1. The van der Waals surface area contributed by atoms with Crippen molar-refractivity contribution in [3.05, 3.63) is 54.1 Å². The molecule has 6 atom stereocenters. The summed E-state index contributed by atoms with van der Waals surface area (Å²) in [4.78, 5) is 25.2. The maximum absolute atomic E-state index is 12.9. The molecule has 0 radical (unpaired) electrons. The number of rotatable bonds is 4. The minimum atomic E-state index is -0.330. The van der Waals surface area contributed by atoms with Gasteiger partial charge in [-0.2, -0.15) is 0 Å². The number of ether oxygens (including phenoxy) is 2. The molecule has 2 saturated carbocycles. The first-order valence-corrected chi connectivity index (χ1v) is 10.4. The van der Waals surface area contributed by atoms with Crippen LogP contribution in [0.5, 0.6) is 11.5 Å². The maximum atomic E-state index is 12.9. The second kappa shape index (κ2) is 6.62. The van der Waals surface area contributed by atoms with E-state index in [0.717, 1.165) is 12.2 Å². The van der Waals surface area contributed by atoms with Gasteiger partial charge in [0.05, 0.1) is 16.7 Å². The van der Waals surface area contributed by atoms with Crippen LogP contribution in [0.2, 0.25) is 0 Å². The molecule has 0 unspecified atom stereocenters. The Kier molecular flexibility index (Phi) is 4.19. The largest absolute Gasteiger partial charge is 0.461 e. The van der Waals surface area contributed by atoms with Gasteiger partial charge >= 0.3 is 5.97 Å². The minimum absolute atomic E-state index is 0.0650. The Labute approximate surface area is 171 Å². The fourth-order valence-electron chi connectivity index (χ4n) is 4.90. The molecule has 2 bridgehead atoms. The second-order valence-corrected chi connectivity index (χ2v) is 8.95. The summed E-state index contributed by atoms with van der Waals surface area (Å²) in [5.41, 5.74) is 1.87. The van der Waals surface area contributed by atoms with Gasteiger partial charge in [0.1, 0.15) is 17.6 Å². The lowest BCUT2D eigenvalue weighted by Crippen LogP contribution is -2.40. The molecule has 3 fully saturated rings. The van der Waals surface area contributed by atoms with Crippen LogP contribution in [0.15, 0.2) is 48.5 Å². The number of fused-ring (bicyclic) bond motifs is 1. The summed E-state index contributed by atoms with van der Waals surface area (Å²) < 4.78 is 11.3. The zero-order valence-corrected chi connectivity index (χ0v) is 16.9. The van der Waals surface area contributed by atoms with Gasteiger partial charge in [-0.15, -0.1) is 0 Å². The number of esters is 1. The van der Waals surface area contributed by atoms with Gasteiger partial charge in [-0.05, 0) is 55.7 Å². The molecular weight excluding hydrogens is 422 g/mol. The van der Waals surface area contributed by atoms with Crippen LogP contribution in [0.1, 0.15) is 12.0 Å². The first-order valence-electron chi connectivity index (χ1n) is 9.51. The summed E-state index contributed by atoms with van der Waals surface area (Å²) in [6.45, 7) is 2.03. The van der Waals surface area contributed by atoms with Gasteiger partial charge in [0.2, 0.25) is 5.91 Å². The van der Waals surface area contributed by atoms with Crippen LogP contribution >= 0.6 is 15.9 Å². The lowest BCUT2D eigenvalue weighted by Gasteiger charge is -2.27. The molecule has 1 N–H and O–H groups in total. The Morgan fingerprint density at radius 2 is 1.71 bits per heavy atom. The monoisotopic (exact) mass is 441 g/mol. The van der Waals surface area contributed by atoms with Crippen molar-refractivity contribution >= 4 is 33.5 Å². The van der Waals surface area contributed by atoms with Crippen molar-refractivity contribution in [1.29, 1.82) is 0 Å². The predicted molar refractivity (Wildman–Crippen MR) is 107 cm³/mol. The lowest BCUT2D eigenvalue weighted by atomic mass is 9.79. The third-order valence-electron chi connectivity index (χ3n) is 6.20. The maximum Gasteiger partial charge on any atom is 0.310 e. The smallest absolute Gasteiger partial charge is 0.310 e. The molecule has 5 rings (SSSR count). The normalized spacial score (nSPS) is 32.3. The van der Waals surface area contributed by atoms with Gasteiger partial charge < -0.3 is 14.8 Å². The SMILES string of the molecule is Cc1ccc(Oc2ccc(NC(=O)[C@@H]3[C@H]4C[C@H]5[C@H](OC(=O)[C@H]53)[C@H]4Br)cc2)cc1. The van der Waals surface area contributed by atoms with E-state index in [9.17, 15) is 9.59 Å². The molecule has 144 valence electrons. The van der Waals surface area contributed by atoms with E-state index in [0.29, 0.717) is 11.4 Å². The van der Waals surface area contributed by atoms with Gasteiger partial charge in [-0.3, -0.25) is 9.59 Å². The zero-order chi connectivity index (χ0) is 19.4. The number of carbonyl (C=O) groups is 2. The highest BCUT2D eigenvalue weighted by Crippen LogP contribution is 2.60. The molecule has 1 aliphatic heterocycles. The van der Waals surface area contributed by atoms with E-state index in [-0.39, 0.29) is 46.5 Å². The molecule has 1 amide bonds. The van der Waals surface area contributed by atoms with Gasteiger partial charge in [0.15, 0.2) is 0 Å². The van der Waals surface area contributed by atoms with Gasteiger partial charge in [0.25, 0.3) is 0 Å². The Morgan fingerprint density at radius 1 is 1.07 bits per heavy atom. The van der Waals surface area contributed by atoms with Gasteiger partial charge in [-0.1, -0.05) is 33.6 Å².